The predicted molar refractivity (Wildman–Crippen MR) is 129 cm³/mol. The van der Waals surface area contributed by atoms with Crippen molar-refractivity contribution in [3.63, 3.8) is 0 Å². The average molecular weight is 451 g/mol. The van der Waals surface area contributed by atoms with Crippen LogP contribution in [-0.4, -0.2) is 64.3 Å². The third-order valence-corrected chi connectivity index (χ3v) is 7.26. The highest BCUT2D eigenvalue weighted by molar-refractivity contribution is 5.98. The summed E-state index contributed by atoms with van der Waals surface area (Å²) in [6.07, 6.45) is 3.17. The maximum absolute atomic E-state index is 13.3. The summed E-state index contributed by atoms with van der Waals surface area (Å²) in [6, 6.07) is 9.46. The van der Waals surface area contributed by atoms with Gasteiger partial charge in [0.2, 0.25) is 11.8 Å². The van der Waals surface area contributed by atoms with Crippen LogP contribution in [0.5, 0.6) is 0 Å². The van der Waals surface area contributed by atoms with Gasteiger partial charge in [-0.2, -0.15) is 0 Å². The average Bonchev–Trinajstić information content (AvgIpc) is 3.34. The van der Waals surface area contributed by atoms with Crippen LogP contribution in [0.1, 0.15) is 50.0 Å². The summed E-state index contributed by atoms with van der Waals surface area (Å²) in [5.41, 5.74) is 2.70. The Bertz CT molecular complexity index is 1080. The smallest absolute Gasteiger partial charge is 0.270 e. The van der Waals surface area contributed by atoms with Gasteiger partial charge in [-0.25, -0.2) is 0 Å². The molecular weight excluding hydrogens is 416 g/mol. The van der Waals surface area contributed by atoms with Crippen LogP contribution in [0.2, 0.25) is 0 Å². The number of para-hydroxylation sites is 1. The molecule has 3 amide bonds. The number of nitrogens with zero attached hydrogens (tertiary/aromatic N) is 3. The van der Waals surface area contributed by atoms with Crippen molar-refractivity contribution in [2.75, 3.05) is 26.2 Å². The predicted octanol–water partition coefficient (Wildman–Crippen LogP) is 3.10. The zero-order valence-corrected chi connectivity index (χ0v) is 19.9. The van der Waals surface area contributed by atoms with Crippen molar-refractivity contribution < 1.29 is 14.4 Å². The fourth-order valence-electron chi connectivity index (χ4n) is 5.39. The third-order valence-electron chi connectivity index (χ3n) is 7.26. The van der Waals surface area contributed by atoms with Gasteiger partial charge in [-0.3, -0.25) is 14.4 Å². The first-order chi connectivity index (χ1) is 15.7. The summed E-state index contributed by atoms with van der Waals surface area (Å²) in [5, 5.41) is 3.86. The Balaban J connectivity index is 1.39. The Morgan fingerprint density at radius 2 is 1.70 bits per heavy atom. The minimum absolute atomic E-state index is 0.0286. The molecule has 0 radical (unpaired) electrons. The van der Waals surface area contributed by atoms with E-state index in [-0.39, 0.29) is 23.1 Å². The maximum Gasteiger partial charge on any atom is 0.270 e. The highest BCUT2D eigenvalue weighted by Crippen LogP contribution is 2.41. The lowest BCUT2D eigenvalue weighted by Crippen LogP contribution is -2.49. The zero-order valence-electron chi connectivity index (χ0n) is 19.9. The van der Waals surface area contributed by atoms with Crippen molar-refractivity contribution >= 4 is 28.6 Å². The van der Waals surface area contributed by atoms with Gasteiger partial charge < -0.3 is 19.7 Å². The zero-order chi connectivity index (χ0) is 23.8. The van der Waals surface area contributed by atoms with Crippen LogP contribution in [0.4, 0.5) is 0 Å². The van der Waals surface area contributed by atoms with E-state index in [9.17, 15) is 14.4 Å². The van der Waals surface area contributed by atoms with Gasteiger partial charge >= 0.3 is 0 Å². The lowest BCUT2D eigenvalue weighted by Gasteiger charge is -2.39. The number of rotatable bonds is 5. The SMILES string of the molecule is C=C(C)C[C@H](NC(C)=O)C(=O)N1CCC2(CCN(C(=O)c3cc4ccccc4n3C)CC2)C1. The van der Waals surface area contributed by atoms with Crippen LogP contribution in [-0.2, 0) is 16.6 Å². The van der Waals surface area contributed by atoms with Crippen LogP contribution < -0.4 is 5.32 Å². The van der Waals surface area contributed by atoms with Crippen molar-refractivity contribution in [2.24, 2.45) is 12.5 Å². The number of fused-ring (bicyclic) bond motifs is 1. The van der Waals surface area contributed by atoms with Crippen LogP contribution in [0.25, 0.3) is 10.9 Å². The van der Waals surface area contributed by atoms with Gasteiger partial charge in [-0.15, -0.1) is 6.58 Å². The number of likely N-dealkylation sites (tertiary alicyclic amines) is 2. The van der Waals surface area contributed by atoms with E-state index in [1.54, 1.807) is 0 Å². The molecule has 7 heteroatoms. The molecule has 2 aromatic rings. The van der Waals surface area contributed by atoms with Gasteiger partial charge in [0.15, 0.2) is 0 Å². The normalized spacial score (nSPS) is 18.5. The first-order valence-corrected chi connectivity index (χ1v) is 11.7. The largest absolute Gasteiger partial charge is 0.344 e. The molecule has 33 heavy (non-hydrogen) atoms. The number of hydrogen-bond acceptors (Lipinski definition) is 3. The molecule has 3 heterocycles. The fraction of sp³-hybridized carbons (Fsp3) is 0.500. The van der Waals surface area contributed by atoms with Crippen LogP contribution in [0.15, 0.2) is 42.5 Å². The van der Waals surface area contributed by atoms with Crippen LogP contribution in [0, 0.1) is 5.41 Å². The standard InChI is InChI=1S/C26H34N4O3/c1-18(2)15-21(27-19(3)31)24(32)30-14-11-26(17-30)9-12-29(13-10-26)25(33)23-16-20-7-5-6-8-22(20)28(23)4/h5-8,16,21H,1,9-15,17H2,2-4H3,(H,27,31)/t21-/m0/s1. The lowest BCUT2D eigenvalue weighted by molar-refractivity contribution is -0.135. The summed E-state index contributed by atoms with van der Waals surface area (Å²) >= 11 is 0. The minimum Gasteiger partial charge on any atom is -0.344 e. The van der Waals surface area contributed by atoms with E-state index in [1.807, 2.05) is 58.7 Å². The molecule has 4 rings (SSSR count). The molecule has 2 saturated heterocycles. The maximum atomic E-state index is 13.3. The van der Waals surface area contributed by atoms with E-state index in [0.29, 0.717) is 38.3 Å². The number of amides is 3. The fourth-order valence-corrected chi connectivity index (χ4v) is 5.39. The Hall–Kier alpha value is -3.09. The first kappa shape index (κ1) is 23.1. The van der Waals surface area contributed by atoms with Crippen molar-refractivity contribution in [3.8, 4) is 0 Å². The number of hydrogen-bond donors (Lipinski definition) is 1. The molecule has 1 atom stereocenters. The van der Waals surface area contributed by atoms with Gasteiger partial charge in [0.05, 0.1) is 0 Å². The van der Waals surface area contributed by atoms with Gasteiger partial charge in [-0.05, 0) is 50.2 Å². The highest BCUT2D eigenvalue weighted by atomic mass is 16.2. The second kappa shape index (κ2) is 9.04. The third kappa shape index (κ3) is 4.68. The van der Waals surface area contributed by atoms with Crippen molar-refractivity contribution in [1.29, 1.82) is 0 Å². The van der Waals surface area contributed by atoms with Crippen LogP contribution >= 0.6 is 0 Å². The Morgan fingerprint density at radius 3 is 2.30 bits per heavy atom. The lowest BCUT2D eigenvalue weighted by atomic mass is 9.77. The molecule has 1 aromatic heterocycles. The summed E-state index contributed by atoms with van der Waals surface area (Å²) in [7, 11) is 1.94. The molecule has 176 valence electrons. The molecule has 2 fully saturated rings. The summed E-state index contributed by atoms with van der Waals surface area (Å²) in [6.45, 7) is 9.99. The molecule has 0 unspecified atom stereocenters. The van der Waals surface area contributed by atoms with E-state index in [2.05, 4.69) is 11.9 Å². The van der Waals surface area contributed by atoms with Gasteiger partial charge in [0, 0.05) is 51.1 Å². The Labute approximate surface area is 195 Å². The summed E-state index contributed by atoms with van der Waals surface area (Å²) in [4.78, 5) is 41.8. The summed E-state index contributed by atoms with van der Waals surface area (Å²) < 4.78 is 1.97. The monoisotopic (exact) mass is 450 g/mol. The van der Waals surface area contributed by atoms with E-state index in [1.165, 1.54) is 6.92 Å². The minimum atomic E-state index is -0.553. The van der Waals surface area contributed by atoms with Gasteiger partial charge in [0.25, 0.3) is 5.91 Å². The Kier molecular flexibility index (Phi) is 6.32. The van der Waals surface area contributed by atoms with Gasteiger partial charge in [-0.1, -0.05) is 23.8 Å². The molecule has 0 aliphatic carbocycles. The molecule has 1 aromatic carbocycles. The second-order valence-corrected chi connectivity index (χ2v) is 9.86. The number of carbonyl (C=O) groups excluding carboxylic acids is 3. The van der Waals surface area contributed by atoms with Gasteiger partial charge in [0.1, 0.15) is 11.7 Å². The first-order valence-electron chi connectivity index (χ1n) is 11.7. The number of piperidine rings is 1. The molecule has 2 aliphatic rings. The van der Waals surface area contributed by atoms with Crippen LogP contribution in [0.3, 0.4) is 0 Å². The second-order valence-electron chi connectivity index (χ2n) is 9.86. The molecule has 2 aliphatic heterocycles. The highest BCUT2D eigenvalue weighted by Gasteiger charge is 2.44. The molecule has 1 spiro atoms. The molecule has 7 nitrogen and oxygen atoms in total. The molecule has 0 saturated carbocycles. The number of benzene rings is 1. The van der Waals surface area contributed by atoms with Crippen molar-refractivity contribution in [3.05, 3.63) is 48.2 Å². The van der Waals surface area contributed by atoms with E-state index in [0.717, 1.165) is 35.7 Å². The van der Waals surface area contributed by atoms with Crippen molar-refractivity contribution in [2.45, 2.75) is 45.6 Å². The number of aromatic nitrogens is 1. The topological polar surface area (TPSA) is 74.7 Å². The quantitative estimate of drug-likeness (QED) is 0.712. The number of carbonyl (C=O) groups is 3. The summed E-state index contributed by atoms with van der Waals surface area (Å²) in [5.74, 6) is -0.163. The number of nitrogens with one attached hydrogen (secondary N) is 1. The van der Waals surface area contributed by atoms with E-state index >= 15 is 0 Å². The van der Waals surface area contributed by atoms with E-state index in [4.69, 9.17) is 0 Å². The molecular formula is C26H34N4O3. The molecule has 0 bridgehead atoms. The number of aryl methyl sites for hydroxylation is 1. The Morgan fingerprint density at radius 1 is 1.06 bits per heavy atom. The van der Waals surface area contributed by atoms with E-state index < -0.39 is 6.04 Å². The molecule has 1 N–H and O–H groups in total. The van der Waals surface area contributed by atoms with Crippen molar-refractivity contribution in [1.82, 2.24) is 19.7 Å².